The fourth-order valence-electron chi connectivity index (χ4n) is 2.35. The van der Waals surface area contributed by atoms with Gasteiger partial charge in [-0.2, -0.15) is 11.8 Å². The fourth-order valence-corrected chi connectivity index (χ4v) is 2.70. The Bertz CT molecular complexity index is 164. The van der Waals surface area contributed by atoms with Crippen LogP contribution in [-0.4, -0.2) is 30.6 Å². The van der Waals surface area contributed by atoms with Crippen LogP contribution in [0.2, 0.25) is 0 Å². The maximum absolute atomic E-state index is 5.81. The minimum absolute atomic E-state index is 0.692. The number of nitrogens with one attached hydrogen (secondary N) is 1. The highest BCUT2D eigenvalue weighted by Crippen LogP contribution is 2.23. The van der Waals surface area contributed by atoms with Gasteiger partial charge in [0, 0.05) is 11.3 Å². The summed E-state index contributed by atoms with van der Waals surface area (Å²) in [6.07, 6.45) is 8.87. The number of hydrogen-bond donors (Lipinski definition) is 2. The van der Waals surface area contributed by atoms with E-state index in [9.17, 15) is 0 Å². The number of hydrogen-bond acceptors (Lipinski definition) is 3. The van der Waals surface area contributed by atoms with Crippen molar-refractivity contribution in [2.24, 2.45) is 11.7 Å². The second-order valence-corrected chi connectivity index (χ2v) is 5.95. The van der Waals surface area contributed by atoms with Crippen LogP contribution in [0, 0.1) is 5.92 Å². The summed E-state index contributed by atoms with van der Waals surface area (Å²) in [6.45, 7) is 4.31. The molecule has 15 heavy (non-hydrogen) atoms. The van der Waals surface area contributed by atoms with E-state index < -0.39 is 0 Å². The van der Waals surface area contributed by atoms with Crippen LogP contribution in [0.25, 0.3) is 0 Å². The van der Waals surface area contributed by atoms with Gasteiger partial charge < -0.3 is 11.1 Å². The van der Waals surface area contributed by atoms with Crippen LogP contribution in [0.15, 0.2) is 0 Å². The molecule has 0 spiro atoms. The van der Waals surface area contributed by atoms with Crippen molar-refractivity contribution >= 4 is 11.8 Å². The van der Waals surface area contributed by atoms with Gasteiger partial charge in [0.15, 0.2) is 0 Å². The van der Waals surface area contributed by atoms with E-state index in [1.807, 2.05) is 11.8 Å². The Morgan fingerprint density at radius 2 is 2.13 bits per heavy atom. The molecule has 1 aliphatic rings. The van der Waals surface area contributed by atoms with Crippen LogP contribution in [0.5, 0.6) is 0 Å². The third-order valence-corrected chi connectivity index (χ3v) is 4.61. The summed E-state index contributed by atoms with van der Waals surface area (Å²) in [6, 6.07) is 0.692. The molecule has 0 radical (unpaired) electrons. The molecule has 3 unspecified atom stereocenters. The van der Waals surface area contributed by atoms with Gasteiger partial charge in [-0.15, -0.1) is 0 Å². The van der Waals surface area contributed by atoms with Gasteiger partial charge in [0.2, 0.25) is 0 Å². The topological polar surface area (TPSA) is 38.0 Å². The molecule has 0 aliphatic heterocycles. The van der Waals surface area contributed by atoms with E-state index in [1.54, 1.807) is 0 Å². The van der Waals surface area contributed by atoms with E-state index in [0.717, 1.165) is 24.3 Å². The lowest BCUT2D eigenvalue weighted by atomic mass is 9.84. The molecule has 3 N–H and O–H groups in total. The smallest absolute Gasteiger partial charge is 0.0107 e. The first-order chi connectivity index (χ1) is 7.27. The zero-order valence-corrected chi connectivity index (χ0v) is 11.0. The molecule has 3 heteroatoms. The van der Waals surface area contributed by atoms with Crippen LogP contribution >= 0.6 is 11.8 Å². The van der Waals surface area contributed by atoms with Crippen molar-refractivity contribution in [2.75, 3.05) is 19.3 Å². The molecule has 0 aromatic rings. The number of nitrogens with two attached hydrogens (primary N) is 1. The van der Waals surface area contributed by atoms with Gasteiger partial charge in [-0.1, -0.05) is 19.8 Å². The summed E-state index contributed by atoms with van der Waals surface area (Å²) in [5.74, 6) is 0.725. The first kappa shape index (κ1) is 13.3. The molecular formula is C12H26N2S. The van der Waals surface area contributed by atoms with Crippen molar-refractivity contribution in [3.63, 3.8) is 0 Å². The van der Waals surface area contributed by atoms with Crippen LogP contribution in [0.1, 0.15) is 39.0 Å². The molecule has 0 bridgehead atoms. The average molecular weight is 230 g/mol. The van der Waals surface area contributed by atoms with E-state index in [-0.39, 0.29) is 0 Å². The Balaban J connectivity index is 2.17. The highest BCUT2D eigenvalue weighted by molar-refractivity contribution is 7.99. The Hall–Kier alpha value is 0.270. The summed E-state index contributed by atoms with van der Waals surface area (Å²) >= 11 is 1.95. The van der Waals surface area contributed by atoms with Gasteiger partial charge in [-0.3, -0.25) is 0 Å². The van der Waals surface area contributed by atoms with Crippen molar-refractivity contribution < 1.29 is 0 Å². The number of thioether (sulfide) groups is 1. The summed E-state index contributed by atoms with van der Waals surface area (Å²) in [5, 5.41) is 4.47. The van der Waals surface area contributed by atoms with Gasteiger partial charge in [0.1, 0.15) is 0 Å². The van der Waals surface area contributed by atoms with Gasteiger partial charge in [-0.05, 0) is 44.5 Å². The Morgan fingerprint density at radius 1 is 1.40 bits per heavy atom. The zero-order valence-electron chi connectivity index (χ0n) is 10.2. The molecule has 0 saturated heterocycles. The number of rotatable bonds is 6. The van der Waals surface area contributed by atoms with Crippen LogP contribution < -0.4 is 11.1 Å². The standard InChI is InChI=1S/C12H26N2S/c1-10(15-2)7-8-14-12-6-4-3-5-11(12)9-13/h10-12,14H,3-9,13H2,1-2H3. The minimum Gasteiger partial charge on any atom is -0.330 e. The molecule has 0 aromatic heterocycles. The van der Waals surface area contributed by atoms with Crippen molar-refractivity contribution in [1.29, 1.82) is 0 Å². The van der Waals surface area contributed by atoms with Crippen LogP contribution in [0.3, 0.4) is 0 Å². The molecular weight excluding hydrogens is 204 g/mol. The van der Waals surface area contributed by atoms with E-state index in [1.165, 1.54) is 32.1 Å². The van der Waals surface area contributed by atoms with Gasteiger partial charge in [0.25, 0.3) is 0 Å². The minimum atomic E-state index is 0.692. The van der Waals surface area contributed by atoms with Crippen molar-refractivity contribution in [3.8, 4) is 0 Å². The normalized spacial score (nSPS) is 29.0. The van der Waals surface area contributed by atoms with Crippen molar-refractivity contribution in [1.82, 2.24) is 5.32 Å². The van der Waals surface area contributed by atoms with E-state index >= 15 is 0 Å². The predicted molar refractivity (Wildman–Crippen MR) is 70.4 cm³/mol. The first-order valence-corrected chi connectivity index (χ1v) is 7.53. The Labute approximate surface area is 98.8 Å². The lowest BCUT2D eigenvalue weighted by Crippen LogP contribution is -2.42. The molecule has 3 atom stereocenters. The van der Waals surface area contributed by atoms with E-state index in [4.69, 9.17) is 5.73 Å². The second-order valence-electron chi connectivity index (χ2n) is 4.68. The van der Waals surface area contributed by atoms with E-state index in [0.29, 0.717) is 6.04 Å². The van der Waals surface area contributed by atoms with Gasteiger partial charge in [-0.25, -0.2) is 0 Å². The molecule has 1 rings (SSSR count). The quantitative estimate of drug-likeness (QED) is 0.735. The molecule has 1 fully saturated rings. The highest BCUT2D eigenvalue weighted by Gasteiger charge is 2.22. The van der Waals surface area contributed by atoms with Gasteiger partial charge >= 0.3 is 0 Å². The lowest BCUT2D eigenvalue weighted by Gasteiger charge is -2.31. The third-order valence-electron chi connectivity index (χ3n) is 3.57. The van der Waals surface area contributed by atoms with Gasteiger partial charge in [0.05, 0.1) is 0 Å². The summed E-state index contributed by atoms with van der Waals surface area (Å²) in [5.41, 5.74) is 5.81. The summed E-state index contributed by atoms with van der Waals surface area (Å²) in [7, 11) is 0. The molecule has 0 aromatic carbocycles. The molecule has 90 valence electrons. The fraction of sp³-hybridized carbons (Fsp3) is 1.00. The second kappa shape index (κ2) is 7.53. The van der Waals surface area contributed by atoms with Crippen LogP contribution in [0.4, 0.5) is 0 Å². The average Bonchev–Trinajstić information content (AvgIpc) is 2.29. The summed E-state index contributed by atoms with van der Waals surface area (Å²) < 4.78 is 0. The SMILES string of the molecule is CSC(C)CCNC1CCCCC1CN. The maximum atomic E-state index is 5.81. The monoisotopic (exact) mass is 230 g/mol. The first-order valence-electron chi connectivity index (χ1n) is 6.24. The Kier molecular flexibility index (Phi) is 6.69. The third kappa shape index (κ3) is 4.75. The van der Waals surface area contributed by atoms with Crippen molar-refractivity contribution in [2.45, 2.75) is 50.3 Å². The van der Waals surface area contributed by atoms with Crippen molar-refractivity contribution in [3.05, 3.63) is 0 Å². The maximum Gasteiger partial charge on any atom is 0.0107 e. The molecule has 1 aliphatic carbocycles. The van der Waals surface area contributed by atoms with E-state index in [2.05, 4.69) is 18.5 Å². The molecule has 0 heterocycles. The predicted octanol–water partition coefficient (Wildman–Crippen LogP) is 2.24. The lowest BCUT2D eigenvalue weighted by molar-refractivity contribution is 0.268. The zero-order chi connectivity index (χ0) is 11.1. The largest absolute Gasteiger partial charge is 0.330 e. The molecule has 0 amide bonds. The highest BCUT2D eigenvalue weighted by atomic mass is 32.2. The Morgan fingerprint density at radius 3 is 2.80 bits per heavy atom. The van der Waals surface area contributed by atoms with Crippen LogP contribution in [-0.2, 0) is 0 Å². The molecule has 1 saturated carbocycles. The molecule has 2 nitrogen and oxygen atoms in total. The summed E-state index contributed by atoms with van der Waals surface area (Å²) in [4.78, 5) is 0.